The summed E-state index contributed by atoms with van der Waals surface area (Å²) >= 11 is 14.0. The highest BCUT2D eigenvalue weighted by Gasteiger charge is 2.21. The lowest BCUT2D eigenvalue weighted by Gasteiger charge is -2.20. The van der Waals surface area contributed by atoms with Crippen LogP contribution in [0.3, 0.4) is 0 Å². The van der Waals surface area contributed by atoms with Crippen molar-refractivity contribution in [1.82, 2.24) is 4.31 Å². The van der Waals surface area contributed by atoms with Gasteiger partial charge in [0, 0.05) is 15.8 Å². The van der Waals surface area contributed by atoms with Gasteiger partial charge < -0.3 is 5.32 Å². The molecular weight excluding hydrogens is 498 g/mol. The number of carbonyl (C=O) groups excluding carboxylic acids is 1. The van der Waals surface area contributed by atoms with Crippen molar-refractivity contribution in [2.75, 3.05) is 18.1 Å². The van der Waals surface area contributed by atoms with E-state index in [-0.39, 0.29) is 13.1 Å². The van der Waals surface area contributed by atoms with E-state index >= 15 is 0 Å². The van der Waals surface area contributed by atoms with Crippen LogP contribution in [0.4, 0.5) is 5.69 Å². The summed E-state index contributed by atoms with van der Waals surface area (Å²) < 4.78 is 26.1. The number of nitrogens with zero attached hydrogens (tertiary/aromatic N) is 1. The highest BCUT2D eigenvalue weighted by molar-refractivity contribution is 14.1. The molecule has 1 N–H and O–H groups in total. The first-order chi connectivity index (χ1) is 11.6. The van der Waals surface area contributed by atoms with Crippen molar-refractivity contribution in [3.63, 3.8) is 0 Å². The largest absolute Gasteiger partial charge is 0.325 e. The van der Waals surface area contributed by atoms with E-state index in [0.29, 0.717) is 21.3 Å². The van der Waals surface area contributed by atoms with Crippen LogP contribution in [0.25, 0.3) is 0 Å². The SMILES string of the molecule is CS(=O)(=O)N(CC(=O)Nc1ccc(I)cc1)Cc1ccc(Cl)c(Cl)c1. The lowest BCUT2D eigenvalue weighted by Crippen LogP contribution is -2.36. The minimum atomic E-state index is -3.58. The van der Waals surface area contributed by atoms with E-state index in [0.717, 1.165) is 14.1 Å². The summed E-state index contributed by atoms with van der Waals surface area (Å²) in [4.78, 5) is 12.2. The summed E-state index contributed by atoms with van der Waals surface area (Å²) in [6, 6.07) is 12.0. The summed E-state index contributed by atoms with van der Waals surface area (Å²) in [6.07, 6.45) is 1.06. The number of sulfonamides is 1. The van der Waals surface area contributed by atoms with Gasteiger partial charge in [-0.1, -0.05) is 29.3 Å². The lowest BCUT2D eigenvalue weighted by atomic mass is 10.2. The van der Waals surface area contributed by atoms with E-state index in [9.17, 15) is 13.2 Å². The van der Waals surface area contributed by atoms with Crippen LogP contribution in [-0.4, -0.2) is 31.4 Å². The second kappa shape index (κ2) is 8.68. The molecule has 0 spiro atoms. The van der Waals surface area contributed by atoms with Gasteiger partial charge in [-0.05, 0) is 64.6 Å². The molecule has 0 radical (unpaired) electrons. The number of hydrogen-bond donors (Lipinski definition) is 1. The second-order valence-corrected chi connectivity index (χ2v) is 9.38. The van der Waals surface area contributed by atoms with Crippen molar-refractivity contribution < 1.29 is 13.2 Å². The fourth-order valence-electron chi connectivity index (χ4n) is 2.03. The molecule has 1 amide bonds. The van der Waals surface area contributed by atoms with E-state index in [2.05, 4.69) is 27.9 Å². The number of anilines is 1. The van der Waals surface area contributed by atoms with Gasteiger partial charge in [-0.15, -0.1) is 0 Å². The predicted molar refractivity (Wildman–Crippen MR) is 110 cm³/mol. The van der Waals surface area contributed by atoms with Gasteiger partial charge in [0.1, 0.15) is 0 Å². The van der Waals surface area contributed by atoms with Crippen LogP contribution < -0.4 is 5.32 Å². The van der Waals surface area contributed by atoms with Gasteiger partial charge in [0.05, 0.1) is 22.8 Å². The average Bonchev–Trinajstić information content (AvgIpc) is 2.51. The van der Waals surface area contributed by atoms with Crippen LogP contribution in [0.15, 0.2) is 42.5 Å². The number of benzene rings is 2. The average molecular weight is 513 g/mol. The van der Waals surface area contributed by atoms with Crippen molar-refractivity contribution in [2.24, 2.45) is 0 Å². The van der Waals surface area contributed by atoms with Gasteiger partial charge >= 0.3 is 0 Å². The van der Waals surface area contributed by atoms with Crippen LogP contribution in [0, 0.1) is 3.57 Å². The number of hydrogen-bond acceptors (Lipinski definition) is 3. The Balaban J connectivity index is 2.10. The van der Waals surface area contributed by atoms with Crippen molar-refractivity contribution >= 4 is 67.4 Å². The minimum Gasteiger partial charge on any atom is -0.325 e. The molecule has 0 heterocycles. The lowest BCUT2D eigenvalue weighted by molar-refractivity contribution is -0.116. The van der Waals surface area contributed by atoms with Crippen molar-refractivity contribution in [1.29, 1.82) is 0 Å². The Morgan fingerprint density at radius 2 is 1.76 bits per heavy atom. The van der Waals surface area contributed by atoms with Gasteiger partial charge in [0.25, 0.3) is 0 Å². The van der Waals surface area contributed by atoms with Crippen molar-refractivity contribution in [2.45, 2.75) is 6.54 Å². The van der Waals surface area contributed by atoms with E-state index in [1.54, 1.807) is 30.3 Å². The third-order valence-electron chi connectivity index (χ3n) is 3.26. The van der Waals surface area contributed by atoms with Crippen molar-refractivity contribution in [3.8, 4) is 0 Å². The molecule has 0 atom stereocenters. The molecule has 0 fully saturated rings. The molecule has 2 rings (SSSR count). The molecule has 0 saturated heterocycles. The van der Waals surface area contributed by atoms with E-state index in [1.165, 1.54) is 0 Å². The third-order valence-corrected chi connectivity index (χ3v) is 5.91. The second-order valence-electron chi connectivity index (χ2n) is 5.33. The molecule has 25 heavy (non-hydrogen) atoms. The molecule has 0 saturated carbocycles. The first-order valence-electron chi connectivity index (χ1n) is 7.09. The van der Waals surface area contributed by atoms with Crippen LogP contribution in [-0.2, 0) is 21.4 Å². The topological polar surface area (TPSA) is 66.5 Å². The van der Waals surface area contributed by atoms with Gasteiger partial charge in [0.15, 0.2) is 0 Å². The Bertz CT molecular complexity index is 873. The first kappa shape index (κ1) is 20.4. The molecule has 0 aliphatic heterocycles. The molecular formula is C16H15Cl2IN2O3S. The zero-order valence-electron chi connectivity index (χ0n) is 13.2. The van der Waals surface area contributed by atoms with Gasteiger partial charge in [0.2, 0.25) is 15.9 Å². The normalized spacial score (nSPS) is 11.6. The predicted octanol–water partition coefficient (Wildman–Crippen LogP) is 4.00. The van der Waals surface area contributed by atoms with Crippen LogP contribution in [0.5, 0.6) is 0 Å². The summed E-state index contributed by atoms with van der Waals surface area (Å²) in [5, 5.41) is 3.39. The summed E-state index contributed by atoms with van der Waals surface area (Å²) in [5.41, 5.74) is 1.25. The molecule has 2 aromatic rings. The van der Waals surface area contributed by atoms with E-state index in [4.69, 9.17) is 23.2 Å². The van der Waals surface area contributed by atoms with E-state index in [1.807, 2.05) is 12.1 Å². The van der Waals surface area contributed by atoms with Gasteiger partial charge in [-0.25, -0.2) is 8.42 Å². The monoisotopic (exact) mass is 512 g/mol. The van der Waals surface area contributed by atoms with Crippen LogP contribution >= 0.6 is 45.8 Å². The molecule has 0 aliphatic rings. The smallest absolute Gasteiger partial charge is 0.239 e. The first-order valence-corrected chi connectivity index (χ1v) is 10.8. The highest BCUT2D eigenvalue weighted by atomic mass is 127. The molecule has 134 valence electrons. The Morgan fingerprint density at radius 3 is 2.32 bits per heavy atom. The molecule has 5 nitrogen and oxygen atoms in total. The maximum absolute atomic E-state index is 12.2. The van der Waals surface area contributed by atoms with Crippen LogP contribution in [0.1, 0.15) is 5.56 Å². The summed E-state index contributed by atoms with van der Waals surface area (Å²) in [6.45, 7) is -0.277. The zero-order chi connectivity index (χ0) is 18.6. The third kappa shape index (κ3) is 6.41. The van der Waals surface area contributed by atoms with Gasteiger partial charge in [-0.3, -0.25) is 4.79 Å². The number of halogens is 3. The fraction of sp³-hybridized carbons (Fsp3) is 0.188. The van der Waals surface area contributed by atoms with Crippen molar-refractivity contribution in [3.05, 3.63) is 61.6 Å². The quantitative estimate of drug-likeness (QED) is 0.595. The Kier molecular flexibility index (Phi) is 7.10. The van der Waals surface area contributed by atoms with Gasteiger partial charge in [-0.2, -0.15) is 4.31 Å². The zero-order valence-corrected chi connectivity index (χ0v) is 17.7. The number of amides is 1. The standard InChI is InChI=1S/C16H15Cl2IN2O3S/c1-25(23,24)21(9-11-2-7-14(17)15(18)8-11)10-16(22)20-13-5-3-12(19)4-6-13/h2-8H,9-10H2,1H3,(H,20,22). The Labute approximate surface area is 170 Å². The molecule has 9 heteroatoms. The highest BCUT2D eigenvalue weighted by Crippen LogP contribution is 2.23. The fourth-order valence-corrected chi connectivity index (χ4v) is 3.44. The maximum Gasteiger partial charge on any atom is 0.239 e. The summed E-state index contributed by atoms with van der Waals surface area (Å²) in [7, 11) is -3.58. The number of carbonyl (C=O) groups is 1. The minimum absolute atomic E-state index is 0.0236. The maximum atomic E-state index is 12.2. The van der Waals surface area contributed by atoms with Crippen LogP contribution in [0.2, 0.25) is 10.0 Å². The number of rotatable bonds is 6. The summed E-state index contributed by atoms with van der Waals surface area (Å²) in [5.74, 6) is -0.424. The molecule has 0 unspecified atom stereocenters. The van der Waals surface area contributed by atoms with E-state index < -0.39 is 15.9 Å². The Morgan fingerprint density at radius 1 is 1.12 bits per heavy atom. The number of nitrogens with one attached hydrogen (secondary N) is 1. The molecule has 2 aromatic carbocycles. The molecule has 0 aromatic heterocycles. The molecule has 0 bridgehead atoms. The molecule has 0 aliphatic carbocycles. The Hall–Kier alpha value is -0.870.